The second-order valence-electron chi connectivity index (χ2n) is 15.2. The van der Waals surface area contributed by atoms with E-state index in [2.05, 4.69) is 208 Å². The van der Waals surface area contributed by atoms with Crippen molar-refractivity contribution in [2.75, 3.05) is 4.90 Å². The van der Waals surface area contributed by atoms with Gasteiger partial charge in [-0.15, -0.1) is 0 Å². The molecule has 0 bridgehead atoms. The van der Waals surface area contributed by atoms with Crippen LogP contribution in [-0.4, -0.2) is 15.9 Å². The molecule has 0 aliphatic carbocycles. The molecule has 0 N–H and O–H groups in total. The second kappa shape index (κ2) is 11.5. The van der Waals surface area contributed by atoms with Gasteiger partial charge in [0.15, 0.2) is 0 Å². The van der Waals surface area contributed by atoms with Crippen LogP contribution >= 0.6 is 0 Å². The van der Waals surface area contributed by atoms with Gasteiger partial charge in [0.05, 0.1) is 16.7 Å². The standard InChI is InChI=1S/C52H32BN3O/c1-5-18-33(19-6-1)45-46-49-40(37-26-13-15-29-42(37)54(49)35-22-9-3-10-23-35)32-41-38-28-17-30-43-47(38)53(56(50(41)46)48(45)34-20-7-2-8-21-34)52-51(39-27-14-16-31-44(39)57-52)55(43)36-24-11-4-12-25-36/h1-32H. The Balaban J connectivity index is 1.31. The lowest BCUT2D eigenvalue weighted by molar-refractivity contribution is 0.649. The summed E-state index contributed by atoms with van der Waals surface area (Å²) in [6.45, 7) is -0.242. The fraction of sp³-hybridized carbons (Fsp3) is 0. The predicted molar refractivity (Wildman–Crippen MR) is 237 cm³/mol. The number of para-hydroxylation sites is 4. The topological polar surface area (TPSA) is 26.2 Å². The number of hydrogen-bond acceptors (Lipinski definition) is 2. The average Bonchev–Trinajstić information content (AvgIpc) is 3.95. The SMILES string of the molecule is c1ccc(-c2c(-c3ccccc3)n3c4c(cc5c6ccccc6n(-c6ccccc6)c5c24)-c2cccc4c2B3c2oc3ccccc3c2N4c2ccccc2)cc1. The van der Waals surface area contributed by atoms with Crippen LogP contribution in [0.5, 0.6) is 0 Å². The van der Waals surface area contributed by atoms with E-state index >= 15 is 0 Å². The van der Waals surface area contributed by atoms with Crippen molar-refractivity contribution < 1.29 is 4.42 Å². The van der Waals surface area contributed by atoms with Crippen molar-refractivity contribution in [2.45, 2.75) is 0 Å². The number of rotatable bonds is 4. The van der Waals surface area contributed by atoms with Crippen LogP contribution < -0.4 is 16.0 Å². The van der Waals surface area contributed by atoms with Gasteiger partial charge in [-0.2, -0.15) is 0 Å². The third-order valence-electron chi connectivity index (χ3n) is 12.3. The molecule has 3 aromatic heterocycles. The zero-order valence-corrected chi connectivity index (χ0v) is 30.8. The maximum atomic E-state index is 7.20. The van der Waals surface area contributed by atoms with Crippen LogP contribution in [-0.2, 0) is 0 Å². The molecule has 0 radical (unpaired) electrons. The molecule has 5 heterocycles. The summed E-state index contributed by atoms with van der Waals surface area (Å²) in [5, 5.41) is 4.82. The summed E-state index contributed by atoms with van der Waals surface area (Å²) in [5.74, 6) is 0. The largest absolute Gasteiger partial charge is 0.466 e. The molecule has 264 valence electrons. The van der Waals surface area contributed by atoms with E-state index in [1.807, 2.05) is 0 Å². The van der Waals surface area contributed by atoms with Crippen molar-refractivity contribution >= 4 is 78.7 Å². The van der Waals surface area contributed by atoms with Gasteiger partial charge in [0.25, 0.3) is 0 Å². The van der Waals surface area contributed by atoms with E-state index < -0.39 is 0 Å². The lowest BCUT2D eigenvalue weighted by Gasteiger charge is -2.38. The number of anilines is 3. The molecule has 0 saturated heterocycles. The number of nitrogens with zero attached hydrogens (tertiary/aromatic N) is 3. The molecule has 0 fully saturated rings. The molecule has 11 aromatic rings. The molecule has 0 saturated carbocycles. The maximum absolute atomic E-state index is 7.20. The van der Waals surface area contributed by atoms with Gasteiger partial charge < -0.3 is 18.4 Å². The van der Waals surface area contributed by atoms with E-state index in [4.69, 9.17) is 4.42 Å². The smallest absolute Gasteiger partial charge is 0.376 e. The first-order chi connectivity index (χ1) is 28.3. The quantitative estimate of drug-likeness (QED) is 0.169. The highest BCUT2D eigenvalue weighted by Crippen LogP contribution is 2.53. The van der Waals surface area contributed by atoms with Gasteiger partial charge >= 0.3 is 6.85 Å². The van der Waals surface area contributed by atoms with Crippen LogP contribution in [0.3, 0.4) is 0 Å². The molecule has 0 unspecified atom stereocenters. The predicted octanol–water partition coefficient (Wildman–Crippen LogP) is 12.2. The minimum absolute atomic E-state index is 0.242. The van der Waals surface area contributed by atoms with E-state index in [0.29, 0.717) is 0 Å². The summed E-state index contributed by atoms with van der Waals surface area (Å²) in [5.41, 5.74) is 18.4. The highest BCUT2D eigenvalue weighted by Gasteiger charge is 2.47. The lowest BCUT2D eigenvalue weighted by atomic mass is 9.47. The van der Waals surface area contributed by atoms with Crippen molar-refractivity contribution in [3.05, 3.63) is 194 Å². The monoisotopic (exact) mass is 725 g/mol. The van der Waals surface area contributed by atoms with E-state index in [-0.39, 0.29) is 6.85 Å². The molecule has 0 amide bonds. The van der Waals surface area contributed by atoms with E-state index in [1.54, 1.807) is 0 Å². The van der Waals surface area contributed by atoms with Gasteiger partial charge in [0.1, 0.15) is 11.2 Å². The maximum Gasteiger partial charge on any atom is 0.376 e. The van der Waals surface area contributed by atoms with Gasteiger partial charge in [0, 0.05) is 60.9 Å². The van der Waals surface area contributed by atoms with Crippen LogP contribution in [0, 0.1) is 0 Å². The summed E-state index contributed by atoms with van der Waals surface area (Å²) in [6.07, 6.45) is 0. The first-order valence-electron chi connectivity index (χ1n) is 19.7. The third kappa shape index (κ3) is 4.07. The number of aromatic nitrogens is 2. The summed E-state index contributed by atoms with van der Waals surface area (Å²) >= 11 is 0. The number of fused-ring (bicyclic) bond motifs is 10. The Morgan fingerprint density at radius 2 is 1.11 bits per heavy atom. The Morgan fingerprint density at radius 1 is 0.474 bits per heavy atom. The third-order valence-corrected chi connectivity index (χ3v) is 12.3. The molecule has 2 aliphatic heterocycles. The molecule has 4 nitrogen and oxygen atoms in total. The normalized spacial score (nSPS) is 12.8. The number of hydrogen-bond donors (Lipinski definition) is 0. The molecule has 13 rings (SSSR count). The summed E-state index contributed by atoms with van der Waals surface area (Å²) < 4.78 is 12.3. The zero-order chi connectivity index (χ0) is 37.2. The summed E-state index contributed by atoms with van der Waals surface area (Å²) in [4.78, 5) is 2.43. The molecule has 0 atom stereocenters. The Morgan fingerprint density at radius 3 is 1.86 bits per heavy atom. The van der Waals surface area contributed by atoms with Crippen LogP contribution in [0.25, 0.3) is 82.9 Å². The molecular formula is C52H32BN3O. The number of furan rings is 1. The minimum atomic E-state index is -0.242. The summed E-state index contributed by atoms with van der Waals surface area (Å²) in [7, 11) is 0. The molecule has 5 heteroatoms. The van der Waals surface area contributed by atoms with Gasteiger partial charge in [0.2, 0.25) is 0 Å². The van der Waals surface area contributed by atoms with Crippen molar-refractivity contribution in [3.8, 4) is 39.2 Å². The Hall–Kier alpha value is -7.50. The first-order valence-corrected chi connectivity index (χ1v) is 19.7. The fourth-order valence-electron chi connectivity index (χ4n) is 10.1. The minimum Gasteiger partial charge on any atom is -0.466 e. The highest BCUT2D eigenvalue weighted by atomic mass is 16.3. The molecule has 0 spiro atoms. The van der Waals surface area contributed by atoms with Crippen LogP contribution in [0.15, 0.2) is 199 Å². The van der Waals surface area contributed by atoms with Crippen molar-refractivity contribution in [2.24, 2.45) is 0 Å². The average molecular weight is 726 g/mol. The second-order valence-corrected chi connectivity index (χ2v) is 15.2. The number of benzene rings is 8. The van der Waals surface area contributed by atoms with Crippen LogP contribution in [0.4, 0.5) is 17.1 Å². The van der Waals surface area contributed by atoms with E-state index in [1.165, 1.54) is 71.8 Å². The zero-order valence-electron chi connectivity index (χ0n) is 30.8. The van der Waals surface area contributed by atoms with Crippen LogP contribution in [0.1, 0.15) is 0 Å². The van der Waals surface area contributed by atoms with Gasteiger partial charge in [-0.1, -0.05) is 140 Å². The van der Waals surface area contributed by atoms with E-state index in [0.717, 1.165) is 39.3 Å². The van der Waals surface area contributed by atoms with Gasteiger partial charge in [-0.25, -0.2) is 0 Å². The van der Waals surface area contributed by atoms with Crippen molar-refractivity contribution in [1.82, 2.24) is 9.05 Å². The molecule has 2 aliphatic rings. The van der Waals surface area contributed by atoms with Crippen molar-refractivity contribution in [1.29, 1.82) is 0 Å². The fourth-order valence-corrected chi connectivity index (χ4v) is 10.1. The van der Waals surface area contributed by atoms with Gasteiger partial charge in [-0.3, -0.25) is 0 Å². The Labute approximate surface area is 329 Å². The van der Waals surface area contributed by atoms with Crippen molar-refractivity contribution in [3.63, 3.8) is 0 Å². The Bertz CT molecular complexity index is 3400. The van der Waals surface area contributed by atoms with Crippen LogP contribution in [0.2, 0.25) is 0 Å². The van der Waals surface area contributed by atoms with Gasteiger partial charge in [-0.05, 0) is 76.8 Å². The van der Waals surface area contributed by atoms with E-state index in [9.17, 15) is 0 Å². The summed E-state index contributed by atoms with van der Waals surface area (Å²) in [6, 6.07) is 70.4. The molecule has 57 heavy (non-hydrogen) atoms. The lowest BCUT2D eigenvalue weighted by Crippen LogP contribution is -2.56. The highest BCUT2D eigenvalue weighted by molar-refractivity contribution is 6.89. The first kappa shape index (κ1) is 30.8. The molecule has 8 aromatic carbocycles. The Kier molecular flexibility index (Phi) is 6.22. The molecular weight excluding hydrogens is 693 g/mol.